The fourth-order valence-electron chi connectivity index (χ4n) is 4.75. The van der Waals surface area contributed by atoms with Crippen LogP contribution in [0.3, 0.4) is 0 Å². The van der Waals surface area contributed by atoms with E-state index in [1.807, 2.05) is 30.3 Å². The summed E-state index contributed by atoms with van der Waals surface area (Å²) < 4.78 is 55.1. The lowest BCUT2D eigenvalue weighted by Gasteiger charge is -2.38. The van der Waals surface area contributed by atoms with Crippen molar-refractivity contribution in [3.8, 4) is 5.69 Å². The Kier molecular flexibility index (Phi) is 6.48. The zero-order valence-electron chi connectivity index (χ0n) is 20.1. The van der Waals surface area contributed by atoms with Gasteiger partial charge in [0, 0.05) is 23.6 Å². The van der Waals surface area contributed by atoms with E-state index < -0.39 is 41.3 Å². The zero-order chi connectivity index (χ0) is 27.0. The van der Waals surface area contributed by atoms with E-state index in [0.29, 0.717) is 22.6 Å². The second-order valence-corrected chi connectivity index (χ2v) is 8.81. The van der Waals surface area contributed by atoms with Crippen LogP contribution in [0.15, 0.2) is 85.1 Å². The molecule has 4 aromatic rings. The van der Waals surface area contributed by atoms with Gasteiger partial charge in [0.2, 0.25) is 0 Å². The maximum atomic E-state index is 13.9. The molecule has 0 unspecified atom stereocenters. The summed E-state index contributed by atoms with van der Waals surface area (Å²) in [4.78, 5) is 28.5. The van der Waals surface area contributed by atoms with Gasteiger partial charge < -0.3 is 5.32 Å². The third-order valence-electron chi connectivity index (χ3n) is 6.51. The lowest BCUT2D eigenvalue weighted by molar-refractivity contribution is -0.137. The number of aromatic nitrogens is 2. The molecule has 1 N–H and O–H groups in total. The van der Waals surface area contributed by atoms with E-state index in [0.717, 1.165) is 18.2 Å². The SMILES string of the molecule is CCN1C(=O)[C@@H](NC(=O)c2cccc(C(F)(F)F)c2)[C@@H](c2ccc(F)cc2)c2cnn(-c3ccccc3)c21. The maximum absolute atomic E-state index is 13.9. The van der Waals surface area contributed by atoms with E-state index in [1.165, 1.54) is 35.2 Å². The molecular weight excluding hydrogens is 500 g/mol. The Bertz CT molecular complexity index is 1480. The minimum atomic E-state index is -4.63. The van der Waals surface area contributed by atoms with Crippen LogP contribution in [0.1, 0.15) is 39.9 Å². The van der Waals surface area contributed by atoms with Crippen molar-refractivity contribution in [2.45, 2.75) is 25.1 Å². The molecule has 0 radical (unpaired) electrons. The Morgan fingerprint density at radius 1 is 1.00 bits per heavy atom. The van der Waals surface area contributed by atoms with Gasteiger partial charge in [0.25, 0.3) is 11.8 Å². The minimum Gasteiger partial charge on any atom is -0.339 e. The van der Waals surface area contributed by atoms with Gasteiger partial charge >= 0.3 is 6.18 Å². The number of amides is 2. The molecule has 2 amide bonds. The van der Waals surface area contributed by atoms with Gasteiger partial charge in [-0.05, 0) is 55.0 Å². The van der Waals surface area contributed by atoms with E-state index in [1.54, 1.807) is 17.8 Å². The van der Waals surface area contributed by atoms with Crippen molar-refractivity contribution in [1.29, 1.82) is 0 Å². The van der Waals surface area contributed by atoms with Crippen molar-refractivity contribution in [2.75, 3.05) is 11.4 Å². The summed E-state index contributed by atoms with van der Waals surface area (Å²) in [5.41, 5.74) is 0.649. The fourth-order valence-corrected chi connectivity index (χ4v) is 4.75. The molecular formula is C28H22F4N4O2. The number of likely N-dealkylation sites (N-methyl/N-ethyl adjacent to an activating group) is 1. The molecule has 194 valence electrons. The molecule has 0 saturated carbocycles. The Balaban J connectivity index is 1.61. The first-order chi connectivity index (χ1) is 18.2. The van der Waals surface area contributed by atoms with E-state index in [-0.39, 0.29) is 12.1 Å². The van der Waals surface area contributed by atoms with Crippen molar-refractivity contribution >= 4 is 17.6 Å². The monoisotopic (exact) mass is 522 g/mol. The van der Waals surface area contributed by atoms with Crippen molar-refractivity contribution in [3.63, 3.8) is 0 Å². The van der Waals surface area contributed by atoms with Gasteiger partial charge in [-0.25, -0.2) is 9.07 Å². The fraction of sp³-hybridized carbons (Fsp3) is 0.179. The molecule has 1 aromatic heterocycles. The van der Waals surface area contributed by atoms with Crippen LogP contribution < -0.4 is 10.2 Å². The molecule has 38 heavy (non-hydrogen) atoms. The Labute approximate surface area is 215 Å². The number of halogens is 4. The number of carbonyl (C=O) groups excluding carboxylic acids is 2. The largest absolute Gasteiger partial charge is 0.416 e. The summed E-state index contributed by atoms with van der Waals surface area (Å²) in [5, 5.41) is 7.17. The number of nitrogens with zero attached hydrogens (tertiary/aromatic N) is 3. The number of hydrogen-bond donors (Lipinski definition) is 1. The van der Waals surface area contributed by atoms with Gasteiger partial charge in [0.1, 0.15) is 17.7 Å². The Morgan fingerprint density at radius 2 is 1.71 bits per heavy atom. The summed E-state index contributed by atoms with van der Waals surface area (Å²) in [6, 6.07) is 17.5. The van der Waals surface area contributed by atoms with Crippen molar-refractivity contribution < 1.29 is 27.2 Å². The average Bonchev–Trinajstić information content (AvgIpc) is 3.34. The van der Waals surface area contributed by atoms with E-state index in [2.05, 4.69) is 10.4 Å². The van der Waals surface area contributed by atoms with Crippen LogP contribution in [0.2, 0.25) is 0 Å². The number of alkyl halides is 3. The number of carbonyl (C=O) groups is 2. The van der Waals surface area contributed by atoms with Crippen LogP contribution in [0, 0.1) is 5.82 Å². The first kappa shape index (κ1) is 25.2. The van der Waals surface area contributed by atoms with Gasteiger partial charge in [0.15, 0.2) is 0 Å². The molecule has 5 rings (SSSR count). The lowest BCUT2D eigenvalue weighted by atomic mass is 9.82. The summed E-state index contributed by atoms with van der Waals surface area (Å²) >= 11 is 0. The number of nitrogens with one attached hydrogen (secondary N) is 1. The van der Waals surface area contributed by atoms with Crippen LogP contribution in [-0.4, -0.2) is 34.2 Å². The van der Waals surface area contributed by atoms with Crippen LogP contribution in [0.5, 0.6) is 0 Å². The quantitative estimate of drug-likeness (QED) is 0.361. The predicted molar refractivity (Wildman–Crippen MR) is 133 cm³/mol. The normalized spacial score (nSPS) is 17.3. The molecule has 6 nitrogen and oxygen atoms in total. The first-order valence-corrected chi connectivity index (χ1v) is 11.9. The second-order valence-electron chi connectivity index (χ2n) is 8.81. The third kappa shape index (κ3) is 4.53. The number of anilines is 1. The summed E-state index contributed by atoms with van der Waals surface area (Å²) in [5.74, 6) is -2.05. The third-order valence-corrected chi connectivity index (χ3v) is 6.51. The minimum absolute atomic E-state index is 0.237. The standard InChI is InChI=1S/C28H22F4N4O2/c1-2-35-26-22(16-33-36(26)21-9-4-3-5-10-21)23(17-11-13-20(29)14-12-17)24(27(35)38)34-25(37)18-7-6-8-19(15-18)28(30,31)32/h3-16,23-24H,2H2,1H3,(H,34,37)/t23-,24-/m0/s1. The number of rotatable bonds is 5. The number of hydrogen-bond acceptors (Lipinski definition) is 3. The number of fused-ring (bicyclic) bond motifs is 1. The number of benzene rings is 3. The molecule has 1 aliphatic rings. The number of para-hydroxylation sites is 1. The van der Waals surface area contributed by atoms with Gasteiger partial charge in [0.05, 0.1) is 17.4 Å². The average molecular weight is 523 g/mol. The van der Waals surface area contributed by atoms with E-state index >= 15 is 0 Å². The highest BCUT2D eigenvalue weighted by Crippen LogP contribution is 2.41. The molecule has 0 fully saturated rings. The molecule has 0 aliphatic carbocycles. The summed E-state index contributed by atoms with van der Waals surface area (Å²) in [7, 11) is 0. The van der Waals surface area contributed by atoms with Crippen molar-refractivity contribution in [2.24, 2.45) is 0 Å². The highest BCUT2D eigenvalue weighted by molar-refractivity contribution is 6.05. The molecule has 3 aromatic carbocycles. The van der Waals surface area contributed by atoms with Gasteiger partial charge in [-0.2, -0.15) is 18.3 Å². The maximum Gasteiger partial charge on any atom is 0.416 e. The molecule has 0 spiro atoms. The lowest BCUT2D eigenvalue weighted by Crippen LogP contribution is -2.55. The van der Waals surface area contributed by atoms with E-state index in [9.17, 15) is 27.2 Å². The van der Waals surface area contributed by atoms with Crippen LogP contribution >= 0.6 is 0 Å². The smallest absolute Gasteiger partial charge is 0.339 e. The predicted octanol–water partition coefficient (Wildman–Crippen LogP) is 5.33. The molecule has 2 heterocycles. The highest BCUT2D eigenvalue weighted by atomic mass is 19.4. The summed E-state index contributed by atoms with van der Waals surface area (Å²) in [6.07, 6.45) is -3.04. The highest BCUT2D eigenvalue weighted by Gasteiger charge is 2.44. The van der Waals surface area contributed by atoms with Gasteiger partial charge in [-0.3, -0.25) is 14.5 Å². The van der Waals surface area contributed by atoms with Crippen LogP contribution in [0.4, 0.5) is 23.4 Å². The van der Waals surface area contributed by atoms with Crippen molar-refractivity contribution in [3.05, 3.63) is 113 Å². The second kappa shape index (κ2) is 9.77. The molecule has 1 aliphatic heterocycles. The van der Waals surface area contributed by atoms with Crippen LogP contribution in [-0.2, 0) is 11.0 Å². The summed E-state index contributed by atoms with van der Waals surface area (Å²) in [6.45, 7) is 2.02. The topological polar surface area (TPSA) is 67.2 Å². The Hall–Kier alpha value is -4.47. The molecule has 0 saturated heterocycles. The molecule has 10 heteroatoms. The molecule has 2 atom stereocenters. The van der Waals surface area contributed by atoms with Gasteiger partial charge in [-0.1, -0.05) is 36.4 Å². The first-order valence-electron chi connectivity index (χ1n) is 11.9. The van der Waals surface area contributed by atoms with Crippen LogP contribution in [0.25, 0.3) is 5.69 Å². The Morgan fingerprint density at radius 3 is 2.37 bits per heavy atom. The zero-order valence-corrected chi connectivity index (χ0v) is 20.1. The molecule has 0 bridgehead atoms. The van der Waals surface area contributed by atoms with E-state index in [4.69, 9.17) is 0 Å². The van der Waals surface area contributed by atoms with Gasteiger partial charge in [-0.15, -0.1) is 0 Å². The van der Waals surface area contributed by atoms with Crippen molar-refractivity contribution in [1.82, 2.24) is 15.1 Å².